The summed E-state index contributed by atoms with van der Waals surface area (Å²) in [5.41, 5.74) is 3.56. The summed E-state index contributed by atoms with van der Waals surface area (Å²) in [5, 5.41) is 4.02. The molecule has 0 saturated carbocycles. The molecule has 1 N–H and O–H groups in total. The highest BCUT2D eigenvalue weighted by Gasteiger charge is 2.37. The van der Waals surface area contributed by atoms with Gasteiger partial charge in [-0.1, -0.05) is 29.8 Å². The van der Waals surface area contributed by atoms with E-state index in [1.165, 1.54) is 0 Å². The Balaban J connectivity index is 1.66. The van der Waals surface area contributed by atoms with Gasteiger partial charge in [-0.3, -0.25) is 9.69 Å². The molecule has 1 heterocycles. The van der Waals surface area contributed by atoms with Crippen LogP contribution in [-0.2, 0) is 4.74 Å². The van der Waals surface area contributed by atoms with Crippen LogP contribution < -0.4 is 10.2 Å². The highest BCUT2D eigenvalue weighted by molar-refractivity contribution is 6.30. The van der Waals surface area contributed by atoms with Crippen LogP contribution in [0.4, 0.5) is 11.4 Å². The van der Waals surface area contributed by atoms with Crippen LogP contribution in [0.5, 0.6) is 0 Å². The van der Waals surface area contributed by atoms with E-state index in [9.17, 15) is 9.59 Å². The molecule has 0 fully saturated rings. The molecule has 4 rings (SSSR count). The normalized spacial score (nSPS) is 15.2. The average molecular weight is 407 g/mol. The number of hydrogen-bond acceptors (Lipinski definition) is 4. The molecule has 5 nitrogen and oxygen atoms in total. The quantitative estimate of drug-likeness (QED) is 0.585. The van der Waals surface area contributed by atoms with Crippen molar-refractivity contribution >= 4 is 34.9 Å². The fraction of sp³-hybridized carbons (Fsp3) is 0.130. The number of esters is 1. The van der Waals surface area contributed by atoms with E-state index in [0.29, 0.717) is 22.8 Å². The summed E-state index contributed by atoms with van der Waals surface area (Å²) in [7, 11) is 0. The molecule has 1 atom stereocenters. The molecule has 0 aliphatic carbocycles. The number of benzene rings is 3. The molecule has 29 heavy (non-hydrogen) atoms. The second-order valence-corrected chi connectivity index (χ2v) is 7.02. The summed E-state index contributed by atoms with van der Waals surface area (Å²) >= 11 is 6.02. The zero-order chi connectivity index (χ0) is 20.4. The number of amides is 1. The standard InChI is InChI=1S/C23H19ClN2O3/c1-2-29-23(28)15-7-11-17(12-8-15)25-21-19-5-3-4-6-20(19)22(27)26(21)18-13-9-16(24)10-14-18/h3-14,21,25H,2H2,1H3. The smallest absolute Gasteiger partial charge is 0.338 e. The molecule has 0 bridgehead atoms. The molecule has 3 aromatic rings. The van der Waals surface area contributed by atoms with E-state index in [1.54, 1.807) is 48.2 Å². The Hall–Kier alpha value is -3.31. The van der Waals surface area contributed by atoms with E-state index in [1.807, 2.05) is 36.4 Å². The van der Waals surface area contributed by atoms with E-state index >= 15 is 0 Å². The third-order valence-electron chi connectivity index (χ3n) is 4.77. The summed E-state index contributed by atoms with van der Waals surface area (Å²) < 4.78 is 5.02. The first-order valence-corrected chi connectivity index (χ1v) is 9.68. The molecular formula is C23H19ClN2O3. The lowest BCUT2D eigenvalue weighted by atomic mass is 10.1. The Morgan fingerprint density at radius 1 is 1.03 bits per heavy atom. The molecule has 0 radical (unpaired) electrons. The van der Waals surface area contributed by atoms with E-state index in [4.69, 9.17) is 16.3 Å². The minimum atomic E-state index is -0.381. The largest absolute Gasteiger partial charge is 0.462 e. The van der Waals surface area contributed by atoms with Crippen LogP contribution in [0, 0.1) is 0 Å². The van der Waals surface area contributed by atoms with Crippen molar-refractivity contribution in [1.29, 1.82) is 0 Å². The van der Waals surface area contributed by atoms with Crippen molar-refractivity contribution in [3.63, 3.8) is 0 Å². The number of rotatable bonds is 5. The van der Waals surface area contributed by atoms with Crippen LogP contribution >= 0.6 is 11.6 Å². The molecular weight excluding hydrogens is 388 g/mol. The summed E-state index contributed by atoms with van der Waals surface area (Å²) in [5.74, 6) is -0.438. The zero-order valence-corrected chi connectivity index (χ0v) is 16.5. The van der Waals surface area contributed by atoms with Gasteiger partial charge in [-0.2, -0.15) is 0 Å². The number of nitrogens with one attached hydrogen (secondary N) is 1. The third-order valence-corrected chi connectivity index (χ3v) is 5.02. The lowest BCUT2D eigenvalue weighted by molar-refractivity contribution is 0.0526. The maximum Gasteiger partial charge on any atom is 0.338 e. The maximum absolute atomic E-state index is 13.1. The Morgan fingerprint density at radius 3 is 2.41 bits per heavy atom. The maximum atomic E-state index is 13.1. The van der Waals surface area contributed by atoms with Gasteiger partial charge < -0.3 is 10.1 Å². The molecule has 3 aromatic carbocycles. The van der Waals surface area contributed by atoms with Gasteiger partial charge in [0.1, 0.15) is 6.17 Å². The number of fused-ring (bicyclic) bond motifs is 1. The number of anilines is 2. The van der Waals surface area contributed by atoms with Gasteiger partial charge in [0.25, 0.3) is 5.91 Å². The van der Waals surface area contributed by atoms with E-state index in [-0.39, 0.29) is 18.0 Å². The SMILES string of the molecule is CCOC(=O)c1ccc(NC2c3ccccc3C(=O)N2c2ccc(Cl)cc2)cc1. The van der Waals surface area contributed by atoms with Crippen molar-refractivity contribution < 1.29 is 14.3 Å². The number of nitrogens with zero attached hydrogens (tertiary/aromatic N) is 1. The molecule has 146 valence electrons. The van der Waals surface area contributed by atoms with Gasteiger partial charge in [-0.25, -0.2) is 4.79 Å². The topological polar surface area (TPSA) is 58.6 Å². The lowest BCUT2D eigenvalue weighted by Crippen LogP contribution is -2.32. The van der Waals surface area contributed by atoms with Crippen LogP contribution in [0.3, 0.4) is 0 Å². The van der Waals surface area contributed by atoms with Crippen LogP contribution in [0.2, 0.25) is 5.02 Å². The molecule has 6 heteroatoms. The van der Waals surface area contributed by atoms with Crippen molar-refractivity contribution in [2.24, 2.45) is 0 Å². The third kappa shape index (κ3) is 3.69. The van der Waals surface area contributed by atoms with Gasteiger partial charge in [0.05, 0.1) is 12.2 Å². The number of hydrogen-bond donors (Lipinski definition) is 1. The minimum absolute atomic E-state index is 0.0800. The summed E-state index contributed by atoms with van der Waals surface area (Å²) in [4.78, 5) is 26.7. The van der Waals surface area contributed by atoms with Crippen LogP contribution in [0.15, 0.2) is 72.8 Å². The van der Waals surface area contributed by atoms with E-state index in [2.05, 4.69) is 5.32 Å². The van der Waals surface area contributed by atoms with Crippen molar-refractivity contribution in [1.82, 2.24) is 0 Å². The summed E-state index contributed by atoms with van der Waals surface area (Å²) in [6.45, 7) is 2.10. The molecule has 0 saturated heterocycles. The van der Waals surface area contributed by atoms with Gasteiger partial charge in [0.2, 0.25) is 0 Å². The van der Waals surface area contributed by atoms with Gasteiger partial charge in [0.15, 0.2) is 0 Å². The number of carbonyl (C=O) groups is 2. The Bertz CT molecular complexity index is 1050. The van der Waals surface area contributed by atoms with Gasteiger partial charge in [-0.15, -0.1) is 0 Å². The van der Waals surface area contributed by atoms with Crippen LogP contribution in [0.1, 0.15) is 39.4 Å². The van der Waals surface area contributed by atoms with Gasteiger partial charge >= 0.3 is 5.97 Å². The molecule has 1 amide bonds. The van der Waals surface area contributed by atoms with Crippen molar-refractivity contribution in [3.8, 4) is 0 Å². The van der Waals surface area contributed by atoms with Crippen molar-refractivity contribution in [3.05, 3.63) is 94.5 Å². The fourth-order valence-corrected chi connectivity index (χ4v) is 3.53. The number of carbonyl (C=O) groups excluding carboxylic acids is 2. The number of ether oxygens (including phenoxy) is 1. The lowest BCUT2D eigenvalue weighted by Gasteiger charge is -2.27. The van der Waals surface area contributed by atoms with E-state index in [0.717, 1.165) is 16.9 Å². The Morgan fingerprint density at radius 2 is 1.72 bits per heavy atom. The monoisotopic (exact) mass is 406 g/mol. The Labute approximate surface area is 173 Å². The van der Waals surface area contributed by atoms with Crippen molar-refractivity contribution in [2.75, 3.05) is 16.8 Å². The molecule has 1 unspecified atom stereocenters. The average Bonchev–Trinajstić information content (AvgIpc) is 3.01. The zero-order valence-electron chi connectivity index (χ0n) is 15.8. The first-order chi connectivity index (χ1) is 14.1. The second kappa shape index (κ2) is 7.97. The molecule has 0 spiro atoms. The van der Waals surface area contributed by atoms with Gasteiger partial charge in [-0.05, 0) is 61.5 Å². The molecule has 1 aliphatic heterocycles. The summed E-state index contributed by atoms with van der Waals surface area (Å²) in [6, 6.07) is 21.7. The first-order valence-electron chi connectivity index (χ1n) is 9.30. The molecule has 1 aliphatic rings. The fourth-order valence-electron chi connectivity index (χ4n) is 3.40. The van der Waals surface area contributed by atoms with Crippen molar-refractivity contribution in [2.45, 2.75) is 13.1 Å². The minimum Gasteiger partial charge on any atom is -0.462 e. The first kappa shape index (κ1) is 19.0. The molecule has 0 aromatic heterocycles. The summed E-state index contributed by atoms with van der Waals surface area (Å²) in [6.07, 6.45) is -0.381. The highest BCUT2D eigenvalue weighted by atomic mass is 35.5. The second-order valence-electron chi connectivity index (χ2n) is 6.58. The van der Waals surface area contributed by atoms with Crippen LogP contribution in [-0.4, -0.2) is 18.5 Å². The number of halogens is 1. The Kier molecular flexibility index (Phi) is 5.23. The van der Waals surface area contributed by atoms with E-state index < -0.39 is 0 Å². The predicted molar refractivity (Wildman–Crippen MR) is 113 cm³/mol. The van der Waals surface area contributed by atoms with Gasteiger partial charge in [0, 0.05) is 27.5 Å². The predicted octanol–water partition coefficient (Wildman–Crippen LogP) is 5.29. The van der Waals surface area contributed by atoms with Crippen LogP contribution in [0.25, 0.3) is 0 Å². The highest BCUT2D eigenvalue weighted by Crippen LogP contribution is 2.38.